The quantitative estimate of drug-likeness (QED) is 0.712. The summed E-state index contributed by atoms with van der Waals surface area (Å²) in [6.07, 6.45) is 3.17. The normalized spacial score (nSPS) is 13.7. The number of benzene rings is 1. The Morgan fingerprint density at radius 1 is 1.33 bits per heavy atom. The molecule has 1 aromatic carbocycles. The first-order valence-corrected chi connectivity index (χ1v) is 9.46. The fraction of sp³-hybridized carbons (Fsp3) is 0.381. The SMILES string of the molecule is CCCOc1ccccc1NC(=O)c1cc(C2CC2)nc2c1c(C)nn2C. The molecule has 1 fully saturated rings. The summed E-state index contributed by atoms with van der Waals surface area (Å²) in [5.41, 5.74) is 3.85. The number of pyridine rings is 1. The predicted octanol–water partition coefficient (Wildman–Crippen LogP) is 4.20. The summed E-state index contributed by atoms with van der Waals surface area (Å²) in [6.45, 7) is 4.58. The predicted molar refractivity (Wildman–Crippen MR) is 105 cm³/mol. The Bertz CT molecular complexity index is 1000. The Balaban J connectivity index is 1.73. The summed E-state index contributed by atoms with van der Waals surface area (Å²) >= 11 is 0. The maximum absolute atomic E-state index is 13.2. The van der Waals surface area contributed by atoms with Crippen molar-refractivity contribution in [3.8, 4) is 5.75 Å². The summed E-state index contributed by atoms with van der Waals surface area (Å²) in [7, 11) is 1.87. The van der Waals surface area contributed by atoms with E-state index in [1.807, 2.05) is 44.3 Å². The Morgan fingerprint density at radius 3 is 2.85 bits per heavy atom. The van der Waals surface area contributed by atoms with Gasteiger partial charge < -0.3 is 10.1 Å². The van der Waals surface area contributed by atoms with Crippen molar-refractivity contribution in [2.75, 3.05) is 11.9 Å². The molecule has 0 bridgehead atoms. The molecule has 1 amide bonds. The minimum atomic E-state index is -0.159. The number of nitrogens with zero attached hydrogens (tertiary/aromatic N) is 3. The highest BCUT2D eigenvalue weighted by atomic mass is 16.5. The fourth-order valence-electron chi connectivity index (χ4n) is 3.33. The van der Waals surface area contributed by atoms with Gasteiger partial charge in [-0.1, -0.05) is 19.1 Å². The Hall–Kier alpha value is -2.89. The number of para-hydroxylation sites is 2. The first-order valence-electron chi connectivity index (χ1n) is 9.46. The third-order valence-corrected chi connectivity index (χ3v) is 4.83. The molecule has 6 nitrogen and oxygen atoms in total. The van der Waals surface area contributed by atoms with Crippen molar-refractivity contribution >= 4 is 22.6 Å². The molecule has 4 rings (SSSR count). The summed E-state index contributed by atoms with van der Waals surface area (Å²) < 4.78 is 7.52. The zero-order chi connectivity index (χ0) is 19.0. The molecule has 1 aliphatic rings. The average molecular weight is 364 g/mol. The molecule has 27 heavy (non-hydrogen) atoms. The van der Waals surface area contributed by atoms with Gasteiger partial charge in [-0.25, -0.2) is 4.98 Å². The van der Waals surface area contributed by atoms with Crippen molar-refractivity contribution in [2.45, 2.75) is 39.0 Å². The molecule has 2 heterocycles. The van der Waals surface area contributed by atoms with Crippen LogP contribution in [-0.2, 0) is 7.05 Å². The van der Waals surface area contributed by atoms with Gasteiger partial charge in [-0.2, -0.15) is 5.10 Å². The van der Waals surface area contributed by atoms with E-state index in [2.05, 4.69) is 17.3 Å². The lowest BCUT2D eigenvalue weighted by Crippen LogP contribution is -2.14. The number of fused-ring (bicyclic) bond motifs is 1. The van der Waals surface area contributed by atoms with Gasteiger partial charge in [0.25, 0.3) is 5.91 Å². The minimum absolute atomic E-state index is 0.159. The number of amides is 1. The number of hydrogen-bond donors (Lipinski definition) is 1. The van der Waals surface area contributed by atoms with Gasteiger partial charge in [0.1, 0.15) is 5.75 Å². The lowest BCUT2D eigenvalue weighted by Gasteiger charge is -2.13. The highest BCUT2D eigenvalue weighted by Crippen LogP contribution is 2.40. The van der Waals surface area contributed by atoms with Crippen molar-refractivity contribution in [3.63, 3.8) is 0 Å². The van der Waals surface area contributed by atoms with Crippen LogP contribution in [0.3, 0.4) is 0 Å². The van der Waals surface area contributed by atoms with Crippen LogP contribution in [0.2, 0.25) is 0 Å². The largest absolute Gasteiger partial charge is 0.491 e. The van der Waals surface area contributed by atoms with Gasteiger partial charge in [0.15, 0.2) is 5.65 Å². The van der Waals surface area contributed by atoms with E-state index in [4.69, 9.17) is 9.72 Å². The first kappa shape index (κ1) is 17.5. The molecule has 1 N–H and O–H groups in total. The number of carbonyl (C=O) groups is 1. The van der Waals surface area contributed by atoms with Crippen molar-refractivity contribution < 1.29 is 9.53 Å². The van der Waals surface area contributed by atoms with Gasteiger partial charge in [-0.15, -0.1) is 0 Å². The highest BCUT2D eigenvalue weighted by molar-refractivity contribution is 6.13. The maximum Gasteiger partial charge on any atom is 0.256 e. The van der Waals surface area contributed by atoms with Crippen LogP contribution in [0.1, 0.15) is 53.8 Å². The highest BCUT2D eigenvalue weighted by Gasteiger charge is 2.28. The van der Waals surface area contributed by atoms with Crippen molar-refractivity contribution in [3.05, 3.63) is 47.3 Å². The topological polar surface area (TPSA) is 69.0 Å². The van der Waals surface area contributed by atoms with Crippen LogP contribution in [0, 0.1) is 6.92 Å². The summed E-state index contributed by atoms with van der Waals surface area (Å²) in [5, 5.41) is 8.30. The second-order valence-corrected chi connectivity index (χ2v) is 7.08. The summed E-state index contributed by atoms with van der Waals surface area (Å²) in [5.74, 6) is 0.979. The molecule has 0 radical (unpaired) electrons. The van der Waals surface area contributed by atoms with Crippen LogP contribution in [-0.4, -0.2) is 27.3 Å². The van der Waals surface area contributed by atoms with Crippen LogP contribution in [0.15, 0.2) is 30.3 Å². The van der Waals surface area contributed by atoms with E-state index in [-0.39, 0.29) is 5.91 Å². The van der Waals surface area contributed by atoms with Gasteiger partial charge in [-0.05, 0) is 44.4 Å². The second-order valence-electron chi connectivity index (χ2n) is 7.08. The van der Waals surface area contributed by atoms with E-state index in [1.165, 1.54) is 0 Å². The Morgan fingerprint density at radius 2 is 2.11 bits per heavy atom. The van der Waals surface area contributed by atoms with Crippen LogP contribution < -0.4 is 10.1 Å². The molecule has 3 aromatic rings. The minimum Gasteiger partial charge on any atom is -0.491 e. The Kier molecular flexibility index (Phi) is 4.56. The number of carbonyl (C=O) groups excluding carboxylic acids is 1. The number of rotatable bonds is 6. The fourth-order valence-corrected chi connectivity index (χ4v) is 3.33. The lowest BCUT2D eigenvalue weighted by molar-refractivity contribution is 0.102. The molecule has 1 aliphatic carbocycles. The third-order valence-electron chi connectivity index (χ3n) is 4.83. The van der Waals surface area contributed by atoms with Crippen molar-refractivity contribution in [1.82, 2.24) is 14.8 Å². The molecule has 140 valence electrons. The van der Waals surface area contributed by atoms with Gasteiger partial charge in [0.2, 0.25) is 0 Å². The Labute approximate surface area is 158 Å². The van der Waals surface area contributed by atoms with E-state index >= 15 is 0 Å². The second kappa shape index (κ2) is 7.02. The molecule has 6 heteroatoms. The van der Waals surface area contributed by atoms with Gasteiger partial charge in [0.05, 0.1) is 28.9 Å². The monoisotopic (exact) mass is 364 g/mol. The number of aryl methyl sites for hydroxylation is 2. The molecular weight excluding hydrogens is 340 g/mol. The number of ether oxygens (including phenoxy) is 1. The molecule has 0 saturated heterocycles. The zero-order valence-electron chi connectivity index (χ0n) is 16.0. The first-order chi connectivity index (χ1) is 13.1. The molecule has 0 atom stereocenters. The lowest BCUT2D eigenvalue weighted by atomic mass is 10.1. The summed E-state index contributed by atoms with van der Waals surface area (Å²) in [4.78, 5) is 17.9. The smallest absolute Gasteiger partial charge is 0.256 e. The number of anilines is 1. The van der Waals surface area contributed by atoms with Crippen LogP contribution in [0.25, 0.3) is 11.0 Å². The van der Waals surface area contributed by atoms with Crippen LogP contribution in [0.4, 0.5) is 5.69 Å². The van der Waals surface area contributed by atoms with E-state index in [1.54, 1.807) is 4.68 Å². The van der Waals surface area contributed by atoms with Gasteiger partial charge in [0, 0.05) is 18.7 Å². The molecular formula is C21H24N4O2. The molecule has 0 aliphatic heterocycles. The van der Waals surface area contributed by atoms with Crippen molar-refractivity contribution in [2.24, 2.45) is 7.05 Å². The van der Waals surface area contributed by atoms with E-state index in [0.717, 1.165) is 41.7 Å². The number of aromatic nitrogens is 3. The number of hydrogen-bond acceptors (Lipinski definition) is 4. The third kappa shape index (κ3) is 3.39. The molecule has 0 spiro atoms. The van der Waals surface area contributed by atoms with Gasteiger partial charge >= 0.3 is 0 Å². The maximum atomic E-state index is 13.2. The van der Waals surface area contributed by atoms with Gasteiger partial charge in [-0.3, -0.25) is 9.48 Å². The van der Waals surface area contributed by atoms with E-state index in [0.29, 0.717) is 29.5 Å². The van der Waals surface area contributed by atoms with E-state index in [9.17, 15) is 4.79 Å². The average Bonchev–Trinajstić information content (AvgIpc) is 3.47. The van der Waals surface area contributed by atoms with E-state index < -0.39 is 0 Å². The van der Waals surface area contributed by atoms with Crippen LogP contribution in [0.5, 0.6) is 5.75 Å². The number of nitrogens with one attached hydrogen (secondary N) is 1. The van der Waals surface area contributed by atoms with Crippen molar-refractivity contribution in [1.29, 1.82) is 0 Å². The molecule has 1 saturated carbocycles. The standard InChI is InChI=1S/C21H24N4O2/c1-4-11-27-18-8-6-5-7-16(18)23-21(26)15-12-17(14-9-10-14)22-20-19(15)13(2)24-25(20)3/h5-8,12,14H,4,9-11H2,1-3H3,(H,23,26). The molecule has 2 aromatic heterocycles. The molecule has 0 unspecified atom stereocenters. The zero-order valence-corrected chi connectivity index (χ0v) is 16.0. The summed E-state index contributed by atoms with van der Waals surface area (Å²) in [6, 6.07) is 9.46. The van der Waals surface area contributed by atoms with Crippen LogP contribution >= 0.6 is 0 Å².